The molecular formula is C18H24O5. The van der Waals surface area contributed by atoms with Crippen LogP contribution in [-0.4, -0.2) is 42.1 Å². The van der Waals surface area contributed by atoms with Crippen molar-refractivity contribution in [2.75, 3.05) is 6.61 Å². The number of hydrogen-bond donors (Lipinski definition) is 1. The fourth-order valence-electron chi connectivity index (χ4n) is 2.64. The number of esters is 1. The molecule has 4 atom stereocenters. The van der Waals surface area contributed by atoms with Crippen LogP contribution in [0.25, 0.3) is 0 Å². The van der Waals surface area contributed by atoms with E-state index < -0.39 is 12.2 Å². The van der Waals surface area contributed by atoms with Gasteiger partial charge in [-0.2, -0.15) is 0 Å². The molecule has 1 saturated heterocycles. The predicted octanol–water partition coefficient (Wildman–Crippen LogP) is 2.23. The number of carbonyl (C=O) groups is 1. The summed E-state index contributed by atoms with van der Waals surface area (Å²) in [5.41, 5.74) is 1.04. The Morgan fingerprint density at radius 1 is 1.43 bits per heavy atom. The lowest BCUT2D eigenvalue weighted by atomic mass is 9.96. The monoisotopic (exact) mass is 320 g/mol. The van der Waals surface area contributed by atoms with Gasteiger partial charge in [0.2, 0.25) is 0 Å². The first-order valence-corrected chi connectivity index (χ1v) is 7.83. The van der Waals surface area contributed by atoms with E-state index in [1.165, 1.54) is 6.92 Å². The van der Waals surface area contributed by atoms with Crippen LogP contribution in [0.4, 0.5) is 0 Å². The molecule has 0 saturated carbocycles. The number of aliphatic hydroxyl groups excluding tert-OH is 1. The maximum atomic E-state index is 11.0. The second kappa shape index (κ2) is 8.82. The highest BCUT2D eigenvalue weighted by Crippen LogP contribution is 2.26. The first-order chi connectivity index (χ1) is 11.1. The average molecular weight is 320 g/mol. The Balaban J connectivity index is 1.96. The van der Waals surface area contributed by atoms with Gasteiger partial charge in [-0.05, 0) is 12.0 Å². The Labute approximate surface area is 136 Å². The van der Waals surface area contributed by atoms with Gasteiger partial charge in [-0.3, -0.25) is 4.79 Å². The Bertz CT molecular complexity index is 501. The van der Waals surface area contributed by atoms with Gasteiger partial charge >= 0.3 is 5.97 Å². The van der Waals surface area contributed by atoms with E-state index in [-0.39, 0.29) is 24.8 Å². The molecular weight excluding hydrogens is 296 g/mol. The van der Waals surface area contributed by atoms with Crippen molar-refractivity contribution in [2.45, 2.75) is 50.8 Å². The van der Waals surface area contributed by atoms with Crippen molar-refractivity contribution in [3.05, 3.63) is 48.6 Å². The largest absolute Gasteiger partial charge is 0.463 e. The predicted molar refractivity (Wildman–Crippen MR) is 85.8 cm³/mol. The molecule has 126 valence electrons. The lowest BCUT2D eigenvalue weighted by Crippen LogP contribution is -2.50. The van der Waals surface area contributed by atoms with Crippen LogP contribution in [-0.2, 0) is 25.6 Å². The highest BCUT2D eigenvalue weighted by atomic mass is 16.6. The summed E-state index contributed by atoms with van der Waals surface area (Å²) in [6, 6.07) is 9.79. The number of ether oxygens (including phenoxy) is 3. The Kier molecular flexibility index (Phi) is 6.77. The topological polar surface area (TPSA) is 65.0 Å². The summed E-state index contributed by atoms with van der Waals surface area (Å²) in [7, 11) is 0. The highest BCUT2D eigenvalue weighted by Gasteiger charge is 2.38. The zero-order valence-corrected chi connectivity index (χ0v) is 13.4. The van der Waals surface area contributed by atoms with E-state index in [9.17, 15) is 9.90 Å². The van der Waals surface area contributed by atoms with Crippen molar-refractivity contribution in [3.63, 3.8) is 0 Å². The average Bonchev–Trinajstić information content (AvgIpc) is 2.55. The van der Waals surface area contributed by atoms with E-state index in [1.54, 1.807) is 6.08 Å². The van der Waals surface area contributed by atoms with Gasteiger partial charge in [0.25, 0.3) is 0 Å². The van der Waals surface area contributed by atoms with Crippen LogP contribution in [0.3, 0.4) is 0 Å². The van der Waals surface area contributed by atoms with Gasteiger partial charge in [0.1, 0.15) is 12.7 Å². The molecule has 1 aliphatic heterocycles. The van der Waals surface area contributed by atoms with Crippen molar-refractivity contribution < 1.29 is 24.1 Å². The molecule has 1 aromatic rings. The van der Waals surface area contributed by atoms with Crippen LogP contribution in [0.5, 0.6) is 0 Å². The normalized spacial score (nSPS) is 27.4. The fraction of sp³-hybridized carbons (Fsp3) is 0.500. The molecule has 1 heterocycles. The maximum Gasteiger partial charge on any atom is 0.302 e. The Hall–Kier alpha value is -1.69. The number of hydrogen-bond acceptors (Lipinski definition) is 5. The molecule has 2 rings (SSSR count). The quantitative estimate of drug-likeness (QED) is 0.616. The van der Waals surface area contributed by atoms with Gasteiger partial charge in [0, 0.05) is 13.3 Å². The van der Waals surface area contributed by atoms with Crippen LogP contribution in [0, 0.1) is 0 Å². The standard InChI is InChI=1S/C18H24O5/c1-3-7-16-18(20)17(10-15(23-16)12-21-13(2)19)22-11-14-8-5-4-6-9-14/h3-6,8-9,15-18,20H,1,7,10-12H2,2H3/t15-,16+,17-,18+/m1/s1. The summed E-state index contributed by atoms with van der Waals surface area (Å²) in [5.74, 6) is -0.346. The van der Waals surface area contributed by atoms with Crippen molar-refractivity contribution in [1.29, 1.82) is 0 Å². The number of carbonyl (C=O) groups excluding carboxylic acids is 1. The van der Waals surface area contributed by atoms with Gasteiger partial charge in [-0.1, -0.05) is 36.4 Å². The van der Waals surface area contributed by atoms with Gasteiger partial charge in [-0.25, -0.2) is 0 Å². The molecule has 0 unspecified atom stereocenters. The molecule has 1 aromatic carbocycles. The zero-order valence-electron chi connectivity index (χ0n) is 13.4. The summed E-state index contributed by atoms with van der Waals surface area (Å²) in [6.45, 7) is 5.64. The first kappa shape index (κ1) is 17.7. The molecule has 5 heteroatoms. The first-order valence-electron chi connectivity index (χ1n) is 7.83. The second-order valence-corrected chi connectivity index (χ2v) is 5.68. The molecule has 23 heavy (non-hydrogen) atoms. The van der Waals surface area contributed by atoms with Crippen molar-refractivity contribution in [3.8, 4) is 0 Å². The highest BCUT2D eigenvalue weighted by molar-refractivity contribution is 5.65. The summed E-state index contributed by atoms with van der Waals surface area (Å²) >= 11 is 0. The molecule has 1 N–H and O–H groups in total. The third-order valence-corrected chi connectivity index (χ3v) is 3.80. The number of benzene rings is 1. The van der Waals surface area contributed by atoms with Gasteiger partial charge < -0.3 is 19.3 Å². The fourth-order valence-corrected chi connectivity index (χ4v) is 2.64. The van der Waals surface area contributed by atoms with Crippen LogP contribution in [0.15, 0.2) is 43.0 Å². The van der Waals surface area contributed by atoms with Gasteiger partial charge in [0.15, 0.2) is 0 Å². The number of aliphatic hydroxyl groups is 1. The minimum absolute atomic E-state index is 0.168. The molecule has 1 aliphatic rings. The summed E-state index contributed by atoms with van der Waals surface area (Å²) in [4.78, 5) is 11.0. The lowest BCUT2D eigenvalue weighted by Gasteiger charge is -2.38. The maximum absolute atomic E-state index is 11.0. The van der Waals surface area contributed by atoms with Crippen molar-refractivity contribution in [2.24, 2.45) is 0 Å². The third-order valence-electron chi connectivity index (χ3n) is 3.80. The van der Waals surface area contributed by atoms with Gasteiger partial charge in [0.05, 0.1) is 24.9 Å². The van der Waals surface area contributed by atoms with Crippen LogP contribution >= 0.6 is 0 Å². The minimum Gasteiger partial charge on any atom is -0.463 e. The Morgan fingerprint density at radius 2 is 2.17 bits per heavy atom. The van der Waals surface area contributed by atoms with E-state index >= 15 is 0 Å². The molecule has 5 nitrogen and oxygen atoms in total. The van der Waals surface area contributed by atoms with Crippen LogP contribution < -0.4 is 0 Å². The van der Waals surface area contributed by atoms with E-state index in [4.69, 9.17) is 14.2 Å². The van der Waals surface area contributed by atoms with Crippen LogP contribution in [0.2, 0.25) is 0 Å². The summed E-state index contributed by atoms with van der Waals surface area (Å²) in [5, 5.41) is 10.4. The smallest absolute Gasteiger partial charge is 0.302 e. The van der Waals surface area contributed by atoms with Crippen molar-refractivity contribution in [1.82, 2.24) is 0 Å². The minimum atomic E-state index is -0.731. The van der Waals surface area contributed by atoms with Gasteiger partial charge in [-0.15, -0.1) is 6.58 Å². The summed E-state index contributed by atoms with van der Waals surface area (Å²) in [6.07, 6.45) is 0.921. The van der Waals surface area contributed by atoms with E-state index in [0.29, 0.717) is 19.4 Å². The zero-order chi connectivity index (χ0) is 16.7. The Morgan fingerprint density at radius 3 is 2.83 bits per heavy atom. The third kappa shape index (κ3) is 5.46. The van der Waals surface area contributed by atoms with Crippen LogP contribution in [0.1, 0.15) is 25.3 Å². The van der Waals surface area contributed by atoms with E-state index in [1.807, 2.05) is 30.3 Å². The lowest BCUT2D eigenvalue weighted by molar-refractivity contribution is -0.197. The SMILES string of the molecule is C=CC[C@@H]1O[C@@H](COC(C)=O)C[C@@H](OCc2ccccc2)[C@H]1O. The molecule has 0 radical (unpaired) electrons. The molecule has 0 aliphatic carbocycles. The number of rotatable bonds is 7. The molecule has 0 aromatic heterocycles. The van der Waals surface area contributed by atoms with E-state index in [2.05, 4.69) is 6.58 Å². The second-order valence-electron chi connectivity index (χ2n) is 5.68. The van der Waals surface area contributed by atoms with Crippen molar-refractivity contribution >= 4 is 5.97 Å². The molecule has 0 amide bonds. The molecule has 1 fully saturated rings. The summed E-state index contributed by atoms with van der Waals surface area (Å²) < 4.78 is 16.7. The van der Waals surface area contributed by atoms with E-state index in [0.717, 1.165) is 5.56 Å². The molecule has 0 spiro atoms. The molecule has 0 bridgehead atoms.